The van der Waals surface area contributed by atoms with Crippen molar-refractivity contribution in [2.45, 2.75) is 52.7 Å². The standard InChI is InChI=1S/C27H33N3O4/c1-17-13-18(2)24(23(14-17)32-6)22-10-8-19-7-9-20(28-25(19)29-22)15-21-16-33-12-11-30(21)26(31)34-27(3,4)5/h7-10,13-14,21H,11-12,15-16H2,1-6H3. The average molecular weight is 464 g/mol. The first-order chi connectivity index (χ1) is 16.1. The number of methoxy groups -OCH3 is 1. The van der Waals surface area contributed by atoms with Crippen molar-refractivity contribution in [3.8, 4) is 17.0 Å². The molecule has 0 bridgehead atoms. The van der Waals surface area contributed by atoms with E-state index in [1.54, 1.807) is 12.0 Å². The quantitative estimate of drug-likeness (QED) is 0.536. The fourth-order valence-corrected chi connectivity index (χ4v) is 4.34. The molecule has 1 aliphatic rings. The molecule has 1 saturated heterocycles. The fourth-order valence-electron chi connectivity index (χ4n) is 4.34. The van der Waals surface area contributed by atoms with Crippen LogP contribution in [0.15, 0.2) is 36.4 Å². The van der Waals surface area contributed by atoms with E-state index in [0.29, 0.717) is 31.8 Å². The van der Waals surface area contributed by atoms with Crippen molar-refractivity contribution in [2.24, 2.45) is 0 Å². The molecule has 4 rings (SSSR count). The van der Waals surface area contributed by atoms with Crippen molar-refractivity contribution in [3.63, 3.8) is 0 Å². The Hall–Kier alpha value is -3.19. The van der Waals surface area contributed by atoms with E-state index in [0.717, 1.165) is 39.2 Å². The third-order valence-electron chi connectivity index (χ3n) is 5.83. The van der Waals surface area contributed by atoms with Crippen LogP contribution in [0.2, 0.25) is 0 Å². The summed E-state index contributed by atoms with van der Waals surface area (Å²) in [6, 6.07) is 12.1. The maximum absolute atomic E-state index is 12.7. The van der Waals surface area contributed by atoms with Crippen LogP contribution in [-0.2, 0) is 15.9 Å². The molecule has 0 spiro atoms. The number of rotatable bonds is 4. The van der Waals surface area contributed by atoms with Crippen LogP contribution in [0.5, 0.6) is 5.75 Å². The molecule has 1 fully saturated rings. The molecule has 7 nitrogen and oxygen atoms in total. The van der Waals surface area contributed by atoms with Crippen LogP contribution in [0, 0.1) is 13.8 Å². The minimum absolute atomic E-state index is 0.142. The lowest BCUT2D eigenvalue weighted by atomic mass is 10.0. The van der Waals surface area contributed by atoms with Crippen molar-refractivity contribution in [1.82, 2.24) is 14.9 Å². The average Bonchev–Trinajstić information content (AvgIpc) is 2.77. The molecule has 1 aliphatic heterocycles. The zero-order chi connectivity index (χ0) is 24.5. The van der Waals surface area contributed by atoms with E-state index in [1.807, 2.05) is 51.1 Å². The molecule has 2 aromatic heterocycles. The second-order valence-electron chi connectivity index (χ2n) is 9.81. The summed E-state index contributed by atoms with van der Waals surface area (Å²) in [5.41, 5.74) is 5.01. The summed E-state index contributed by atoms with van der Waals surface area (Å²) in [7, 11) is 1.68. The second kappa shape index (κ2) is 9.58. The molecule has 0 saturated carbocycles. The molecule has 180 valence electrons. The van der Waals surface area contributed by atoms with E-state index in [1.165, 1.54) is 0 Å². The van der Waals surface area contributed by atoms with Crippen LogP contribution in [0.1, 0.15) is 37.6 Å². The largest absolute Gasteiger partial charge is 0.496 e. The van der Waals surface area contributed by atoms with Crippen molar-refractivity contribution in [3.05, 3.63) is 53.2 Å². The number of hydrogen-bond donors (Lipinski definition) is 0. The number of aryl methyl sites for hydroxylation is 2. The lowest BCUT2D eigenvalue weighted by molar-refractivity contribution is -0.0321. The number of hydrogen-bond acceptors (Lipinski definition) is 6. The van der Waals surface area contributed by atoms with Crippen molar-refractivity contribution in [1.29, 1.82) is 0 Å². The number of carbonyl (C=O) groups excluding carboxylic acids is 1. The molecule has 3 heterocycles. The van der Waals surface area contributed by atoms with Gasteiger partial charge in [-0.05, 0) is 76.1 Å². The van der Waals surface area contributed by atoms with Crippen LogP contribution in [0.25, 0.3) is 22.3 Å². The van der Waals surface area contributed by atoms with Gasteiger partial charge in [0.2, 0.25) is 0 Å². The Kier molecular flexibility index (Phi) is 6.75. The Morgan fingerprint density at radius 2 is 1.91 bits per heavy atom. The van der Waals surface area contributed by atoms with Gasteiger partial charge < -0.3 is 19.1 Å². The Morgan fingerprint density at radius 1 is 1.15 bits per heavy atom. The van der Waals surface area contributed by atoms with Gasteiger partial charge in [-0.1, -0.05) is 6.07 Å². The number of fused-ring (bicyclic) bond motifs is 1. The third-order valence-corrected chi connectivity index (χ3v) is 5.83. The van der Waals surface area contributed by atoms with Crippen molar-refractivity contribution < 1.29 is 19.0 Å². The van der Waals surface area contributed by atoms with Gasteiger partial charge in [0.15, 0.2) is 5.65 Å². The number of aromatic nitrogens is 2. The predicted octanol–water partition coefficient (Wildman–Crippen LogP) is 5.10. The summed E-state index contributed by atoms with van der Waals surface area (Å²) in [5.74, 6) is 0.799. The molecule has 7 heteroatoms. The number of nitrogens with zero attached hydrogens (tertiary/aromatic N) is 3. The second-order valence-corrected chi connectivity index (χ2v) is 9.81. The molecule has 1 aromatic carbocycles. The summed E-state index contributed by atoms with van der Waals surface area (Å²) >= 11 is 0. The molecule has 1 atom stereocenters. The van der Waals surface area contributed by atoms with E-state index in [-0.39, 0.29) is 12.1 Å². The van der Waals surface area contributed by atoms with Crippen LogP contribution in [0.3, 0.4) is 0 Å². The predicted molar refractivity (Wildman–Crippen MR) is 132 cm³/mol. The Labute approximate surface area is 201 Å². The van der Waals surface area contributed by atoms with Gasteiger partial charge in [0.25, 0.3) is 0 Å². The number of carbonyl (C=O) groups is 1. The minimum atomic E-state index is -0.545. The van der Waals surface area contributed by atoms with Gasteiger partial charge in [-0.2, -0.15) is 0 Å². The maximum atomic E-state index is 12.7. The lowest BCUT2D eigenvalue weighted by Gasteiger charge is -2.36. The van der Waals surface area contributed by atoms with Crippen LogP contribution >= 0.6 is 0 Å². The Bertz CT molecular complexity index is 1200. The Balaban J connectivity index is 1.63. The molecule has 3 aromatic rings. The highest BCUT2D eigenvalue weighted by Gasteiger charge is 2.31. The molecule has 34 heavy (non-hydrogen) atoms. The minimum Gasteiger partial charge on any atom is -0.496 e. The topological polar surface area (TPSA) is 73.8 Å². The number of ether oxygens (including phenoxy) is 3. The molecular formula is C27H33N3O4. The molecular weight excluding hydrogens is 430 g/mol. The summed E-state index contributed by atoms with van der Waals surface area (Å²) in [6.07, 6.45) is 0.248. The molecule has 1 amide bonds. The zero-order valence-corrected chi connectivity index (χ0v) is 20.8. The fraction of sp³-hybridized carbons (Fsp3) is 0.444. The molecule has 0 N–H and O–H groups in total. The summed E-state index contributed by atoms with van der Waals surface area (Å²) in [4.78, 5) is 24.2. The van der Waals surface area contributed by atoms with E-state index < -0.39 is 5.60 Å². The first kappa shape index (κ1) is 24.0. The smallest absolute Gasteiger partial charge is 0.410 e. The number of amides is 1. The first-order valence-electron chi connectivity index (χ1n) is 11.6. The third kappa shape index (κ3) is 5.30. The van der Waals surface area contributed by atoms with E-state index in [2.05, 4.69) is 19.9 Å². The highest BCUT2D eigenvalue weighted by Crippen LogP contribution is 2.34. The number of benzene rings is 1. The van der Waals surface area contributed by atoms with Crippen LogP contribution in [-0.4, -0.2) is 59.5 Å². The van der Waals surface area contributed by atoms with Crippen molar-refractivity contribution >= 4 is 17.1 Å². The van der Waals surface area contributed by atoms with Crippen LogP contribution < -0.4 is 4.74 Å². The molecule has 1 unspecified atom stereocenters. The summed E-state index contributed by atoms with van der Waals surface area (Å²) in [6.45, 7) is 11.2. The van der Waals surface area contributed by atoms with Gasteiger partial charge >= 0.3 is 6.09 Å². The van der Waals surface area contributed by atoms with Gasteiger partial charge in [0.05, 0.1) is 32.1 Å². The first-order valence-corrected chi connectivity index (χ1v) is 11.6. The monoisotopic (exact) mass is 463 g/mol. The summed E-state index contributed by atoms with van der Waals surface area (Å²) in [5, 5.41) is 0.958. The van der Waals surface area contributed by atoms with Gasteiger partial charge in [0.1, 0.15) is 11.4 Å². The molecule has 0 radical (unpaired) electrons. The maximum Gasteiger partial charge on any atom is 0.410 e. The zero-order valence-electron chi connectivity index (χ0n) is 20.8. The number of pyridine rings is 2. The highest BCUT2D eigenvalue weighted by molar-refractivity contribution is 5.81. The van der Waals surface area contributed by atoms with Crippen molar-refractivity contribution in [2.75, 3.05) is 26.9 Å². The lowest BCUT2D eigenvalue weighted by Crippen LogP contribution is -2.51. The summed E-state index contributed by atoms with van der Waals surface area (Å²) < 4.78 is 16.9. The van der Waals surface area contributed by atoms with Gasteiger partial charge in [0, 0.05) is 29.6 Å². The van der Waals surface area contributed by atoms with E-state index in [9.17, 15) is 4.79 Å². The number of morpholine rings is 1. The van der Waals surface area contributed by atoms with Gasteiger partial charge in [-0.15, -0.1) is 0 Å². The van der Waals surface area contributed by atoms with Gasteiger partial charge in [-0.3, -0.25) is 0 Å². The highest BCUT2D eigenvalue weighted by atomic mass is 16.6. The SMILES string of the molecule is COc1cc(C)cc(C)c1-c1ccc2ccc(CC3COCCN3C(=O)OC(C)(C)C)nc2n1. The molecule has 0 aliphatic carbocycles. The van der Waals surface area contributed by atoms with E-state index in [4.69, 9.17) is 24.2 Å². The van der Waals surface area contributed by atoms with E-state index >= 15 is 0 Å². The van der Waals surface area contributed by atoms with Gasteiger partial charge in [-0.25, -0.2) is 14.8 Å². The van der Waals surface area contributed by atoms with Crippen LogP contribution in [0.4, 0.5) is 4.79 Å². The Morgan fingerprint density at radius 3 is 2.65 bits per heavy atom. The normalized spacial score (nSPS) is 16.5.